The highest BCUT2D eigenvalue weighted by Gasteiger charge is 2.22. The molecule has 0 unspecified atom stereocenters. The molecule has 0 N–H and O–H groups in total. The Morgan fingerprint density at radius 1 is 0.321 bits per heavy atom. The first-order valence-electron chi connectivity index (χ1n) is 18.0. The van der Waals surface area contributed by atoms with Gasteiger partial charge in [-0.3, -0.25) is 0 Å². The van der Waals surface area contributed by atoms with Crippen LogP contribution in [0.1, 0.15) is 0 Å². The van der Waals surface area contributed by atoms with E-state index in [1.54, 1.807) is 0 Å². The molecule has 2 aromatic heterocycles. The van der Waals surface area contributed by atoms with Gasteiger partial charge in [-0.25, -0.2) is 0 Å². The van der Waals surface area contributed by atoms with E-state index in [1.165, 1.54) is 21.7 Å². The lowest BCUT2D eigenvalue weighted by molar-refractivity contribution is 0.669. The Balaban J connectivity index is 1.14. The second-order valence-electron chi connectivity index (χ2n) is 13.7. The lowest BCUT2D eigenvalue weighted by atomic mass is 9.98. The van der Waals surface area contributed by atoms with Crippen LogP contribution in [-0.2, 0) is 0 Å². The summed E-state index contributed by atoms with van der Waals surface area (Å²) in [6, 6.07) is 66.8. The summed E-state index contributed by atoms with van der Waals surface area (Å²) in [4.78, 5) is 2.35. The van der Waals surface area contributed by atoms with Crippen LogP contribution in [0, 0.1) is 0 Å². The van der Waals surface area contributed by atoms with Gasteiger partial charge in [-0.1, -0.05) is 133 Å². The Bertz CT molecular complexity index is 3200. The summed E-state index contributed by atoms with van der Waals surface area (Å²) < 4.78 is 13.3. The molecule has 0 aliphatic carbocycles. The first-order valence-corrected chi connectivity index (χ1v) is 18.0. The van der Waals surface area contributed by atoms with Crippen LogP contribution < -0.4 is 4.90 Å². The number of hydrogen-bond donors (Lipinski definition) is 0. The molecule has 53 heavy (non-hydrogen) atoms. The van der Waals surface area contributed by atoms with Gasteiger partial charge in [0.25, 0.3) is 0 Å². The molecule has 0 aliphatic heterocycles. The van der Waals surface area contributed by atoms with Crippen molar-refractivity contribution in [3.63, 3.8) is 0 Å². The molecule has 9 aromatic carbocycles. The van der Waals surface area contributed by atoms with Crippen LogP contribution >= 0.6 is 0 Å². The molecule has 0 saturated carbocycles. The predicted octanol–water partition coefficient (Wildman–Crippen LogP) is 14.6. The first kappa shape index (κ1) is 29.6. The summed E-state index contributed by atoms with van der Waals surface area (Å²) in [5, 5.41) is 9.17. The minimum absolute atomic E-state index is 0.850. The Morgan fingerprint density at radius 2 is 0.962 bits per heavy atom. The van der Waals surface area contributed by atoms with Gasteiger partial charge >= 0.3 is 0 Å². The highest BCUT2D eigenvalue weighted by Crippen LogP contribution is 2.46. The first-order chi connectivity index (χ1) is 26.3. The fourth-order valence-electron chi connectivity index (χ4n) is 8.11. The molecule has 0 amide bonds. The highest BCUT2D eigenvalue weighted by molar-refractivity contribution is 6.18. The minimum atomic E-state index is 0.850. The fraction of sp³-hybridized carbons (Fsp3) is 0. The highest BCUT2D eigenvalue weighted by atomic mass is 16.3. The van der Waals surface area contributed by atoms with Crippen molar-refractivity contribution in [1.29, 1.82) is 0 Å². The van der Waals surface area contributed by atoms with Crippen LogP contribution in [-0.4, -0.2) is 0 Å². The van der Waals surface area contributed by atoms with Crippen LogP contribution in [0.5, 0.6) is 0 Å². The van der Waals surface area contributed by atoms with Crippen molar-refractivity contribution in [2.24, 2.45) is 0 Å². The number of furan rings is 2. The maximum Gasteiger partial charge on any atom is 0.143 e. The van der Waals surface area contributed by atoms with Crippen molar-refractivity contribution in [3.05, 3.63) is 188 Å². The van der Waals surface area contributed by atoms with Crippen LogP contribution in [0.25, 0.3) is 87.7 Å². The molecular weight excluding hydrogens is 647 g/mol. The predicted molar refractivity (Wildman–Crippen MR) is 222 cm³/mol. The van der Waals surface area contributed by atoms with Crippen molar-refractivity contribution < 1.29 is 8.83 Å². The van der Waals surface area contributed by atoms with E-state index in [2.05, 4.69) is 181 Å². The van der Waals surface area contributed by atoms with E-state index in [0.717, 1.165) is 83.0 Å². The summed E-state index contributed by atoms with van der Waals surface area (Å²) in [5.74, 6) is 0. The molecule has 0 radical (unpaired) electrons. The molecule has 11 rings (SSSR count). The van der Waals surface area contributed by atoms with Gasteiger partial charge < -0.3 is 13.7 Å². The molecule has 248 valence electrons. The number of rotatable bonds is 5. The van der Waals surface area contributed by atoms with Gasteiger partial charge in [-0.2, -0.15) is 0 Å². The van der Waals surface area contributed by atoms with E-state index < -0.39 is 0 Å². The summed E-state index contributed by atoms with van der Waals surface area (Å²) in [6.45, 7) is 0. The lowest BCUT2D eigenvalue weighted by Gasteiger charge is -2.28. The monoisotopic (exact) mass is 677 g/mol. The smallest absolute Gasteiger partial charge is 0.143 e. The second-order valence-corrected chi connectivity index (χ2v) is 13.7. The zero-order valence-corrected chi connectivity index (χ0v) is 28.7. The van der Waals surface area contributed by atoms with Crippen molar-refractivity contribution in [3.8, 4) is 22.3 Å². The number of anilines is 3. The van der Waals surface area contributed by atoms with E-state index in [0.29, 0.717) is 0 Å². The van der Waals surface area contributed by atoms with E-state index in [4.69, 9.17) is 8.83 Å². The summed E-state index contributed by atoms with van der Waals surface area (Å²) in [5.41, 5.74) is 11.0. The van der Waals surface area contributed by atoms with Crippen LogP contribution in [0.3, 0.4) is 0 Å². The molecule has 0 atom stereocenters. The van der Waals surface area contributed by atoms with Gasteiger partial charge in [0, 0.05) is 55.5 Å². The third-order valence-electron chi connectivity index (χ3n) is 10.6. The molecule has 11 aromatic rings. The quantitative estimate of drug-likeness (QED) is 0.182. The molecule has 2 heterocycles. The Hall–Kier alpha value is -7.10. The minimum Gasteiger partial charge on any atom is -0.456 e. The zero-order chi connectivity index (χ0) is 34.9. The molecule has 0 saturated heterocycles. The molecule has 3 heteroatoms. The summed E-state index contributed by atoms with van der Waals surface area (Å²) in [6.07, 6.45) is 0. The van der Waals surface area contributed by atoms with Crippen molar-refractivity contribution >= 4 is 82.5 Å². The Labute approximate surface area is 305 Å². The molecule has 0 spiro atoms. The normalized spacial score (nSPS) is 11.8. The maximum atomic E-state index is 6.87. The number of benzene rings is 9. The van der Waals surface area contributed by atoms with Gasteiger partial charge in [-0.15, -0.1) is 0 Å². The number of para-hydroxylation sites is 3. The largest absolute Gasteiger partial charge is 0.456 e. The van der Waals surface area contributed by atoms with Gasteiger partial charge in [0.2, 0.25) is 0 Å². The van der Waals surface area contributed by atoms with Gasteiger partial charge in [0.15, 0.2) is 0 Å². The van der Waals surface area contributed by atoms with Crippen LogP contribution in [0.4, 0.5) is 17.1 Å². The van der Waals surface area contributed by atoms with Crippen molar-refractivity contribution in [2.75, 3.05) is 4.90 Å². The second kappa shape index (κ2) is 11.7. The van der Waals surface area contributed by atoms with E-state index in [1.807, 2.05) is 12.1 Å². The molecule has 0 bridgehead atoms. The number of nitrogens with zero attached hydrogens (tertiary/aromatic N) is 1. The molecule has 0 aliphatic rings. The Morgan fingerprint density at radius 3 is 1.91 bits per heavy atom. The van der Waals surface area contributed by atoms with Crippen LogP contribution in [0.2, 0.25) is 0 Å². The molecular formula is C50H31NO2. The number of hydrogen-bond acceptors (Lipinski definition) is 3. The van der Waals surface area contributed by atoms with Gasteiger partial charge in [0.1, 0.15) is 22.3 Å². The summed E-state index contributed by atoms with van der Waals surface area (Å²) >= 11 is 0. The van der Waals surface area contributed by atoms with Gasteiger partial charge in [0.05, 0.1) is 5.69 Å². The Kier molecular flexibility index (Phi) is 6.55. The average Bonchev–Trinajstić information content (AvgIpc) is 3.80. The van der Waals surface area contributed by atoms with E-state index in [9.17, 15) is 0 Å². The zero-order valence-electron chi connectivity index (χ0n) is 28.7. The average molecular weight is 678 g/mol. The van der Waals surface area contributed by atoms with Crippen LogP contribution in [0.15, 0.2) is 197 Å². The standard InChI is InChI=1S/C50H31NO2/c1-2-13-34-29-36(24-23-32(34)11-1)35-14-9-15-37(30-35)51(38-26-28-42-41-18-6-8-22-47(41)52-48(42)31-38)46-21-7-5-17-40(46)43-19-10-20-44-45-27-25-33-12-3-4-16-39(33)49(45)53-50(43)44/h1-31H. The molecule has 0 fully saturated rings. The number of fused-ring (bicyclic) bond motifs is 9. The van der Waals surface area contributed by atoms with Crippen molar-refractivity contribution in [2.45, 2.75) is 0 Å². The summed E-state index contributed by atoms with van der Waals surface area (Å²) in [7, 11) is 0. The van der Waals surface area contributed by atoms with Crippen molar-refractivity contribution in [1.82, 2.24) is 0 Å². The van der Waals surface area contributed by atoms with E-state index in [-0.39, 0.29) is 0 Å². The SMILES string of the molecule is c1cc(-c2ccc3ccccc3c2)cc(N(c2ccc3c(c2)oc2ccccc23)c2ccccc2-c2cccc3c2oc2c4ccccc4ccc32)c1. The van der Waals surface area contributed by atoms with E-state index >= 15 is 0 Å². The lowest BCUT2D eigenvalue weighted by Crippen LogP contribution is -2.11. The maximum absolute atomic E-state index is 6.87. The fourth-order valence-corrected chi connectivity index (χ4v) is 8.11. The molecule has 3 nitrogen and oxygen atoms in total. The third-order valence-corrected chi connectivity index (χ3v) is 10.6. The van der Waals surface area contributed by atoms with Gasteiger partial charge in [-0.05, 0) is 75.8 Å². The third kappa shape index (κ3) is 4.75. The topological polar surface area (TPSA) is 29.5 Å².